The minimum absolute atomic E-state index is 0.170. The molecule has 0 spiro atoms. The molecule has 54 heavy (non-hydrogen) atoms. The third-order valence-corrected chi connectivity index (χ3v) is 11.5. The second kappa shape index (κ2) is 14.4. The van der Waals surface area contributed by atoms with E-state index in [0.717, 1.165) is 10.9 Å². The first-order valence-electron chi connectivity index (χ1n) is 19.0. The number of nitrogens with one attached hydrogen (secondary N) is 2. The van der Waals surface area contributed by atoms with E-state index in [1.165, 1.54) is 36.8 Å². The molecule has 2 aromatic heterocycles. The molecule has 2 aliphatic heterocycles. The van der Waals surface area contributed by atoms with Crippen LogP contribution in [-0.4, -0.2) is 58.4 Å². The first-order chi connectivity index (χ1) is 25.5. The third-order valence-electron chi connectivity index (χ3n) is 11.5. The van der Waals surface area contributed by atoms with Gasteiger partial charge in [-0.15, -0.1) is 0 Å². The highest BCUT2D eigenvalue weighted by atomic mass is 16.7. The lowest BCUT2D eigenvalue weighted by molar-refractivity contribution is 0.00578. The summed E-state index contributed by atoms with van der Waals surface area (Å²) < 4.78 is 24.2. The average molecular weight is 729 g/mol. The Morgan fingerprint density at radius 3 is 1.15 bits per heavy atom. The molecule has 280 valence electrons. The van der Waals surface area contributed by atoms with Crippen molar-refractivity contribution >= 4 is 48.6 Å². The Balaban J connectivity index is 0.000000167. The topological polar surface area (TPSA) is 121 Å². The molecule has 2 saturated carbocycles. The lowest BCUT2D eigenvalue weighted by Crippen LogP contribution is -2.41. The Bertz CT molecular complexity index is 1830. The zero-order valence-electron chi connectivity index (χ0n) is 32.6. The summed E-state index contributed by atoms with van der Waals surface area (Å²) in [6, 6.07) is 22.7. The number of hydrogen-bond donors (Lipinski definition) is 2. The summed E-state index contributed by atoms with van der Waals surface area (Å²) in [6.07, 6.45) is 8.39. The summed E-state index contributed by atoms with van der Waals surface area (Å²) in [4.78, 5) is 33.6. The molecule has 4 aromatic rings. The van der Waals surface area contributed by atoms with Gasteiger partial charge in [0.1, 0.15) is 11.6 Å². The zero-order valence-corrected chi connectivity index (χ0v) is 32.6. The van der Waals surface area contributed by atoms with E-state index in [0.29, 0.717) is 34.6 Å². The van der Waals surface area contributed by atoms with Crippen molar-refractivity contribution in [3.8, 4) is 0 Å². The van der Waals surface area contributed by atoms with Crippen molar-refractivity contribution in [2.45, 2.75) is 115 Å². The van der Waals surface area contributed by atoms with E-state index in [2.05, 4.69) is 20.6 Å². The molecule has 2 aliphatic carbocycles. The van der Waals surface area contributed by atoms with Gasteiger partial charge in [0.25, 0.3) is 11.8 Å². The number of benzene rings is 2. The van der Waals surface area contributed by atoms with Crippen molar-refractivity contribution in [2.24, 2.45) is 0 Å². The Morgan fingerprint density at radius 2 is 0.852 bits per heavy atom. The molecule has 0 atom stereocenters. The van der Waals surface area contributed by atoms with Gasteiger partial charge in [0, 0.05) is 23.5 Å². The van der Waals surface area contributed by atoms with E-state index in [1.807, 2.05) is 104 Å². The zero-order chi connectivity index (χ0) is 38.5. The third kappa shape index (κ3) is 8.32. The summed E-state index contributed by atoms with van der Waals surface area (Å²) in [5.74, 6) is 2.11. The summed E-state index contributed by atoms with van der Waals surface area (Å²) in [5.41, 5.74) is 3.92. The Labute approximate surface area is 319 Å². The van der Waals surface area contributed by atoms with Gasteiger partial charge in [-0.05, 0) is 163 Å². The summed E-state index contributed by atoms with van der Waals surface area (Å²) in [7, 11) is -0.854. The van der Waals surface area contributed by atoms with E-state index in [-0.39, 0.29) is 34.2 Å². The summed E-state index contributed by atoms with van der Waals surface area (Å²) in [5, 5.41) is 5.77. The number of nitrogens with zero attached hydrogens (tertiary/aromatic N) is 2. The number of pyridine rings is 2. The molecule has 0 bridgehead atoms. The standard InChI is InChI=1S/2C21H25BN2O3/c2*1-20(2)21(3,4)27-22(26-20)17-9-7-15(8-10-17)19(25)24-18-13-16(11-12-23-18)14-5-6-14/h2*7-14H,5-6H2,1-4H3,(H,23,24,25). The van der Waals surface area contributed by atoms with Crippen LogP contribution in [0.25, 0.3) is 0 Å². The predicted molar refractivity (Wildman–Crippen MR) is 213 cm³/mol. The van der Waals surface area contributed by atoms with Crippen molar-refractivity contribution in [3.63, 3.8) is 0 Å². The number of carbonyl (C=O) groups is 2. The highest BCUT2D eigenvalue weighted by Gasteiger charge is 2.52. The van der Waals surface area contributed by atoms with E-state index < -0.39 is 14.2 Å². The largest absolute Gasteiger partial charge is 0.494 e. The van der Waals surface area contributed by atoms with Crippen molar-refractivity contribution in [2.75, 3.05) is 10.6 Å². The smallest absolute Gasteiger partial charge is 0.399 e. The predicted octanol–water partition coefficient (Wildman–Crippen LogP) is 7.02. The van der Waals surface area contributed by atoms with Crippen LogP contribution >= 0.6 is 0 Å². The van der Waals surface area contributed by atoms with Crippen LogP contribution in [0.15, 0.2) is 85.2 Å². The molecule has 0 unspecified atom stereocenters. The fourth-order valence-corrected chi connectivity index (χ4v) is 6.29. The lowest BCUT2D eigenvalue weighted by Gasteiger charge is -2.32. The normalized spacial score (nSPS) is 20.5. The molecule has 0 radical (unpaired) electrons. The quantitative estimate of drug-likeness (QED) is 0.186. The molecule has 2 aromatic carbocycles. The van der Waals surface area contributed by atoms with Crippen LogP contribution in [0.2, 0.25) is 0 Å². The summed E-state index contributed by atoms with van der Waals surface area (Å²) >= 11 is 0. The van der Waals surface area contributed by atoms with Gasteiger partial charge in [0.15, 0.2) is 0 Å². The van der Waals surface area contributed by atoms with Gasteiger partial charge in [0.2, 0.25) is 0 Å². The van der Waals surface area contributed by atoms with Crippen LogP contribution in [0.3, 0.4) is 0 Å². The lowest BCUT2D eigenvalue weighted by atomic mass is 9.79. The maximum Gasteiger partial charge on any atom is 0.494 e. The molecule has 12 heteroatoms. The molecule has 4 fully saturated rings. The average Bonchev–Trinajstić information content (AvgIpc) is 4.06. The minimum atomic E-state index is -0.427. The first-order valence-corrected chi connectivity index (χ1v) is 19.0. The van der Waals surface area contributed by atoms with Crippen LogP contribution in [0, 0.1) is 0 Å². The van der Waals surface area contributed by atoms with Crippen LogP contribution in [0.1, 0.15) is 125 Å². The maximum atomic E-state index is 12.5. The van der Waals surface area contributed by atoms with Gasteiger partial charge in [-0.1, -0.05) is 24.3 Å². The van der Waals surface area contributed by atoms with Crippen molar-refractivity contribution in [3.05, 3.63) is 107 Å². The van der Waals surface area contributed by atoms with Crippen LogP contribution in [0.4, 0.5) is 11.6 Å². The van der Waals surface area contributed by atoms with Gasteiger partial charge in [-0.25, -0.2) is 9.97 Å². The minimum Gasteiger partial charge on any atom is -0.399 e. The number of carbonyl (C=O) groups excluding carboxylic acids is 2. The molecule has 4 aliphatic rings. The Morgan fingerprint density at radius 1 is 0.537 bits per heavy atom. The van der Waals surface area contributed by atoms with E-state index in [1.54, 1.807) is 36.7 Å². The Hall–Kier alpha value is -4.35. The molecule has 10 nitrogen and oxygen atoms in total. The molecular formula is C42H50B2N4O6. The van der Waals surface area contributed by atoms with Crippen molar-refractivity contribution in [1.82, 2.24) is 9.97 Å². The number of hydrogen-bond acceptors (Lipinski definition) is 8. The van der Waals surface area contributed by atoms with Crippen LogP contribution in [0.5, 0.6) is 0 Å². The van der Waals surface area contributed by atoms with E-state index >= 15 is 0 Å². The Kier molecular flexibility index (Phi) is 10.1. The van der Waals surface area contributed by atoms with Crippen LogP contribution in [-0.2, 0) is 18.6 Å². The molecule has 4 heterocycles. The first kappa shape index (κ1) is 37.9. The molecular weight excluding hydrogens is 678 g/mol. The molecule has 2 N–H and O–H groups in total. The van der Waals surface area contributed by atoms with Crippen molar-refractivity contribution < 1.29 is 28.2 Å². The number of anilines is 2. The number of rotatable bonds is 8. The van der Waals surface area contributed by atoms with Gasteiger partial charge >= 0.3 is 14.2 Å². The fourth-order valence-electron chi connectivity index (χ4n) is 6.29. The highest BCUT2D eigenvalue weighted by molar-refractivity contribution is 6.62. The van der Waals surface area contributed by atoms with Gasteiger partial charge in [-0.3, -0.25) is 9.59 Å². The van der Waals surface area contributed by atoms with E-state index in [4.69, 9.17) is 18.6 Å². The SMILES string of the molecule is CC1(C)OB(c2ccc(C(=O)Nc3cc(C4CC4)ccn3)cc2)OC1(C)C.CC1(C)OB(c2ccc(C(=O)Nc3cc(C4CC4)ccn3)cc2)OC1(C)C. The van der Waals surface area contributed by atoms with Crippen LogP contribution < -0.4 is 21.6 Å². The molecule has 8 rings (SSSR count). The second-order valence-corrected chi connectivity index (χ2v) is 16.8. The van der Waals surface area contributed by atoms with Gasteiger partial charge in [0.05, 0.1) is 22.4 Å². The van der Waals surface area contributed by atoms with E-state index in [9.17, 15) is 9.59 Å². The molecule has 2 saturated heterocycles. The maximum absolute atomic E-state index is 12.5. The molecule has 2 amide bonds. The second-order valence-electron chi connectivity index (χ2n) is 16.8. The summed E-state index contributed by atoms with van der Waals surface area (Å²) in [6.45, 7) is 16.2. The number of amides is 2. The van der Waals surface area contributed by atoms with Gasteiger partial charge < -0.3 is 29.3 Å². The highest BCUT2D eigenvalue weighted by Crippen LogP contribution is 2.41. The van der Waals surface area contributed by atoms with Crippen molar-refractivity contribution in [1.29, 1.82) is 0 Å². The monoisotopic (exact) mass is 728 g/mol. The fraction of sp³-hybridized carbons (Fsp3) is 0.429. The van der Waals surface area contributed by atoms with Gasteiger partial charge in [-0.2, -0.15) is 0 Å². The number of aromatic nitrogens is 2.